The third-order valence-electron chi connectivity index (χ3n) is 2.18. The summed E-state index contributed by atoms with van der Waals surface area (Å²) in [6, 6.07) is 7.30. The van der Waals surface area contributed by atoms with Crippen LogP contribution in [0.1, 0.15) is 10.8 Å². The molecule has 0 aromatic heterocycles. The van der Waals surface area contributed by atoms with E-state index in [0.29, 0.717) is 6.54 Å². The van der Waals surface area contributed by atoms with Crippen LogP contribution >= 0.6 is 0 Å². The van der Waals surface area contributed by atoms with E-state index in [1.54, 1.807) is 6.07 Å². The van der Waals surface area contributed by atoms with Gasteiger partial charge in [0, 0.05) is 12.2 Å². The lowest BCUT2D eigenvalue weighted by Crippen LogP contribution is -2.22. The molecular weight excluding hydrogens is 188 g/mol. The highest BCUT2D eigenvalue weighted by Crippen LogP contribution is 2.33. The highest BCUT2D eigenvalue weighted by atomic mass is 32.2. The second-order valence-electron chi connectivity index (χ2n) is 3.05. The van der Waals surface area contributed by atoms with Gasteiger partial charge in [-0.15, -0.1) is 0 Å². The number of primary sulfonamides is 1. The van der Waals surface area contributed by atoms with Crippen molar-refractivity contribution in [2.24, 2.45) is 5.14 Å². The first-order valence-electron chi connectivity index (χ1n) is 3.93. The predicted octanol–water partition coefficient (Wildman–Crippen LogP) is 0.442. The van der Waals surface area contributed by atoms with Crippen LogP contribution in [0.15, 0.2) is 24.3 Å². The molecule has 1 aliphatic rings. The van der Waals surface area contributed by atoms with Gasteiger partial charge in [-0.1, -0.05) is 18.2 Å². The molecule has 1 aromatic carbocycles. The Balaban J connectivity index is 2.51. The second kappa shape index (κ2) is 2.71. The van der Waals surface area contributed by atoms with E-state index in [-0.39, 0.29) is 0 Å². The largest absolute Gasteiger partial charge is 0.383 e. The van der Waals surface area contributed by atoms with Crippen LogP contribution in [0.25, 0.3) is 0 Å². The normalized spacial score (nSPS) is 20.8. The number of anilines is 1. The Morgan fingerprint density at radius 2 is 2.08 bits per heavy atom. The predicted molar refractivity (Wildman–Crippen MR) is 50.8 cm³/mol. The van der Waals surface area contributed by atoms with Crippen LogP contribution in [-0.2, 0) is 10.0 Å². The molecule has 1 heterocycles. The molecule has 1 unspecified atom stereocenters. The zero-order valence-corrected chi connectivity index (χ0v) is 7.71. The maximum absolute atomic E-state index is 11.1. The summed E-state index contributed by atoms with van der Waals surface area (Å²) in [6.07, 6.45) is 0. The van der Waals surface area contributed by atoms with E-state index in [9.17, 15) is 8.42 Å². The van der Waals surface area contributed by atoms with Crippen LogP contribution in [0.3, 0.4) is 0 Å². The van der Waals surface area contributed by atoms with Gasteiger partial charge in [0.2, 0.25) is 10.0 Å². The summed E-state index contributed by atoms with van der Waals surface area (Å²) in [7, 11) is -3.48. The number of hydrogen-bond acceptors (Lipinski definition) is 3. The lowest BCUT2D eigenvalue weighted by Gasteiger charge is -2.05. The lowest BCUT2D eigenvalue weighted by atomic mass is 10.2. The third kappa shape index (κ3) is 1.40. The zero-order valence-electron chi connectivity index (χ0n) is 6.90. The molecule has 70 valence electrons. The number of benzene rings is 1. The number of rotatable bonds is 1. The molecule has 0 saturated heterocycles. The minimum absolute atomic E-state index is 0.373. The summed E-state index contributed by atoms with van der Waals surface area (Å²) in [6.45, 7) is 0.373. The Morgan fingerprint density at radius 1 is 1.38 bits per heavy atom. The first-order valence-corrected chi connectivity index (χ1v) is 5.54. The number of hydrogen-bond donors (Lipinski definition) is 2. The third-order valence-corrected chi connectivity index (χ3v) is 3.40. The molecule has 4 nitrogen and oxygen atoms in total. The fourth-order valence-corrected chi connectivity index (χ4v) is 2.42. The average molecular weight is 198 g/mol. The van der Waals surface area contributed by atoms with Gasteiger partial charge in [0.25, 0.3) is 0 Å². The van der Waals surface area contributed by atoms with E-state index in [2.05, 4.69) is 5.32 Å². The maximum atomic E-state index is 11.1. The topological polar surface area (TPSA) is 72.2 Å². The molecule has 0 amide bonds. The number of para-hydroxylation sites is 1. The smallest absolute Gasteiger partial charge is 0.217 e. The summed E-state index contributed by atoms with van der Waals surface area (Å²) in [5.41, 5.74) is 1.63. The van der Waals surface area contributed by atoms with Gasteiger partial charge in [-0.05, 0) is 11.6 Å². The highest BCUT2D eigenvalue weighted by molar-refractivity contribution is 7.89. The number of sulfonamides is 1. The van der Waals surface area contributed by atoms with Crippen molar-refractivity contribution in [2.75, 3.05) is 11.9 Å². The molecule has 1 aliphatic heterocycles. The van der Waals surface area contributed by atoms with Gasteiger partial charge in [-0.25, -0.2) is 13.6 Å². The van der Waals surface area contributed by atoms with E-state index in [0.717, 1.165) is 11.3 Å². The first kappa shape index (κ1) is 8.52. The van der Waals surface area contributed by atoms with Gasteiger partial charge < -0.3 is 5.32 Å². The van der Waals surface area contributed by atoms with E-state index >= 15 is 0 Å². The average Bonchev–Trinajstić information content (AvgIpc) is 2.45. The maximum Gasteiger partial charge on any atom is 0.217 e. The van der Waals surface area contributed by atoms with Gasteiger partial charge >= 0.3 is 0 Å². The molecule has 0 bridgehead atoms. The van der Waals surface area contributed by atoms with Crippen molar-refractivity contribution in [1.29, 1.82) is 0 Å². The van der Waals surface area contributed by atoms with Crippen LogP contribution in [-0.4, -0.2) is 15.0 Å². The van der Waals surface area contributed by atoms with E-state index in [1.807, 2.05) is 18.2 Å². The Kier molecular flexibility index (Phi) is 1.78. The summed E-state index contributed by atoms with van der Waals surface area (Å²) in [5, 5.41) is 7.49. The van der Waals surface area contributed by atoms with Crippen molar-refractivity contribution in [1.82, 2.24) is 0 Å². The van der Waals surface area contributed by atoms with Crippen LogP contribution < -0.4 is 10.5 Å². The molecule has 0 saturated carbocycles. The van der Waals surface area contributed by atoms with Crippen molar-refractivity contribution < 1.29 is 8.42 Å². The van der Waals surface area contributed by atoms with Crippen molar-refractivity contribution in [2.45, 2.75) is 5.25 Å². The molecular formula is C8H10N2O2S. The molecule has 0 aliphatic carbocycles. The molecule has 0 spiro atoms. The summed E-state index contributed by atoms with van der Waals surface area (Å²) < 4.78 is 22.3. The van der Waals surface area contributed by atoms with Crippen molar-refractivity contribution in [3.05, 3.63) is 29.8 Å². The van der Waals surface area contributed by atoms with Crippen LogP contribution in [0.5, 0.6) is 0 Å². The van der Waals surface area contributed by atoms with Crippen LogP contribution in [0.4, 0.5) is 5.69 Å². The van der Waals surface area contributed by atoms with E-state index < -0.39 is 15.3 Å². The molecule has 1 atom stereocenters. The van der Waals surface area contributed by atoms with Gasteiger partial charge in [0.15, 0.2) is 0 Å². The molecule has 2 rings (SSSR count). The monoisotopic (exact) mass is 198 g/mol. The Bertz CT molecular complexity index is 428. The molecule has 3 N–H and O–H groups in total. The van der Waals surface area contributed by atoms with E-state index in [1.165, 1.54) is 0 Å². The molecule has 0 fully saturated rings. The molecule has 0 radical (unpaired) electrons. The second-order valence-corrected chi connectivity index (χ2v) is 4.79. The fraction of sp³-hybridized carbons (Fsp3) is 0.250. The van der Waals surface area contributed by atoms with Crippen molar-refractivity contribution >= 4 is 15.7 Å². The summed E-state index contributed by atoms with van der Waals surface area (Å²) >= 11 is 0. The quantitative estimate of drug-likeness (QED) is 0.687. The lowest BCUT2D eigenvalue weighted by molar-refractivity contribution is 0.588. The Hall–Kier alpha value is -1.07. The SMILES string of the molecule is NS(=O)(=O)C1CNc2ccccc21. The standard InChI is InChI=1S/C8H10N2O2S/c9-13(11,12)8-5-10-7-4-2-1-3-6(7)8/h1-4,8,10H,5H2,(H2,9,11,12). The van der Waals surface area contributed by atoms with Crippen molar-refractivity contribution in [3.8, 4) is 0 Å². The minimum Gasteiger partial charge on any atom is -0.383 e. The summed E-state index contributed by atoms with van der Waals surface area (Å²) in [5.74, 6) is 0. The van der Waals surface area contributed by atoms with Gasteiger partial charge in [-0.3, -0.25) is 0 Å². The highest BCUT2D eigenvalue weighted by Gasteiger charge is 2.30. The van der Waals surface area contributed by atoms with Gasteiger partial charge in [0.05, 0.1) is 0 Å². The first-order chi connectivity index (χ1) is 6.09. The number of fused-ring (bicyclic) bond motifs is 1. The summed E-state index contributed by atoms with van der Waals surface area (Å²) in [4.78, 5) is 0. The van der Waals surface area contributed by atoms with Crippen molar-refractivity contribution in [3.63, 3.8) is 0 Å². The minimum atomic E-state index is -3.48. The fourth-order valence-electron chi connectivity index (χ4n) is 1.54. The molecule has 5 heteroatoms. The van der Waals surface area contributed by atoms with Gasteiger partial charge in [-0.2, -0.15) is 0 Å². The Morgan fingerprint density at radius 3 is 2.77 bits per heavy atom. The Labute approximate surface area is 76.8 Å². The van der Waals surface area contributed by atoms with Gasteiger partial charge in [0.1, 0.15) is 5.25 Å². The van der Waals surface area contributed by atoms with E-state index in [4.69, 9.17) is 5.14 Å². The molecule has 1 aromatic rings. The van der Waals surface area contributed by atoms with Crippen LogP contribution in [0, 0.1) is 0 Å². The number of nitrogens with two attached hydrogens (primary N) is 1. The number of nitrogens with one attached hydrogen (secondary N) is 1. The van der Waals surface area contributed by atoms with Crippen LogP contribution in [0.2, 0.25) is 0 Å². The molecule has 13 heavy (non-hydrogen) atoms. The zero-order chi connectivity index (χ0) is 9.47.